The SMILES string of the molecule is COc1ccc(F)cc1CNCC1CCC(C)CC1.Cc1nc(N(C)C)c2ccccc2n1. The van der Waals surface area contributed by atoms with Crippen LogP contribution in [0.5, 0.6) is 5.75 Å². The van der Waals surface area contributed by atoms with E-state index in [4.69, 9.17) is 4.74 Å². The van der Waals surface area contributed by atoms with E-state index in [1.807, 2.05) is 50.2 Å². The minimum atomic E-state index is -0.205. The highest BCUT2D eigenvalue weighted by molar-refractivity contribution is 5.89. The molecule has 0 radical (unpaired) electrons. The molecule has 0 bridgehead atoms. The molecule has 33 heavy (non-hydrogen) atoms. The third kappa shape index (κ3) is 7.13. The minimum absolute atomic E-state index is 0.205. The molecule has 1 aromatic heterocycles. The van der Waals surface area contributed by atoms with Crippen LogP contribution < -0.4 is 15.0 Å². The molecule has 0 amide bonds. The number of ether oxygens (including phenoxy) is 1. The van der Waals surface area contributed by atoms with E-state index in [2.05, 4.69) is 22.2 Å². The molecule has 1 aliphatic rings. The van der Waals surface area contributed by atoms with E-state index in [-0.39, 0.29) is 5.82 Å². The van der Waals surface area contributed by atoms with E-state index in [9.17, 15) is 4.39 Å². The lowest BCUT2D eigenvalue weighted by atomic mass is 9.83. The molecule has 0 aliphatic heterocycles. The molecular weight excluding hydrogens is 415 g/mol. The van der Waals surface area contributed by atoms with E-state index in [0.29, 0.717) is 6.54 Å². The summed E-state index contributed by atoms with van der Waals surface area (Å²) in [5.74, 6) is 4.01. The highest BCUT2D eigenvalue weighted by atomic mass is 19.1. The van der Waals surface area contributed by atoms with Crippen LogP contribution in [0.3, 0.4) is 0 Å². The van der Waals surface area contributed by atoms with Crippen LogP contribution in [0.2, 0.25) is 0 Å². The van der Waals surface area contributed by atoms with Gasteiger partial charge in [0.15, 0.2) is 0 Å². The van der Waals surface area contributed by atoms with Crippen molar-refractivity contribution in [3.63, 3.8) is 0 Å². The van der Waals surface area contributed by atoms with E-state index in [0.717, 1.165) is 52.2 Å². The molecule has 0 atom stereocenters. The molecule has 0 unspecified atom stereocenters. The second-order valence-electron chi connectivity index (χ2n) is 9.22. The summed E-state index contributed by atoms with van der Waals surface area (Å²) in [7, 11) is 5.61. The number of aromatic nitrogens is 2. The van der Waals surface area contributed by atoms with Crippen LogP contribution in [0.25, 0.3) is 10.9 Å². The lowest BCUT2D eigenvalue weighted by Crippen LogP contribution is -2.25. The minimum Gasteiger partial charge on any atom is -0.496 e. The molecule has 3 aromatic rings. The zero-order valence-electron chi connectivity index (χ0n) is 20.6. The van der Waals surface area contributed by atoms with Gasteiger partial charge in [0.05, 0.1) is 12.6 Å². The Morgan fingerprint density at radius 3 is 2.48 bits per heavy atom. The molecule has 4 rings (SSSR count). The Morgan fingerprint density at radius 1 is 1.06 bits per heavy atom. The Hall–Kier alpha value is -2.73. The molecule has 5 nitrogen and oxygen atoms in total. The quantitative estimate of drug-likeness (QED) is 0.516. The number of para-hydroxylation sites is 1. The van der Waals surface area contributed by atoms with Crippen molar-refractivity contribution < 1.29 is 9.13 Å². The number of methoxy groups -OCH3 is 1. The van der Waals surface area contributed by atoms with Crippen molar-refractivity contribution in [2.24, 2.45) is 11.8 Å². The van der Waals surface area contributed by atoms with Gasteiger partial charge in [0, 0.05) is 31.6 Å². The van der Waals surface area contributed by atoms with E-state index >= 15 is 0 Å². The van der Waals surface area contributed by atoms with Gasteiger partial charge in [-0.25, -0.2) is 14.4 Å². The van der Waals surface area contributed by atoms with Gasteiger partial charge in [-0.15, -0.1) is 0 Å². The average molecular weight is 453 g/mol. The van der Waals surface area contributed by atoms with Crippen molar-refractivity contribution in [3.05, 3.63) is 59.7 Å². The standard InChI is InChI=1S/C16H24FNO.C11H13N3/c1-12-3-5-13(6-4-12)10-18-11-14-9-15(17)7-8-16(14)19-2;1-8-12-10-7-5-4-6-9(10)11(13-8)14(2)3/h7-9,12-13,18H,3-6,10-11H2,1-2H3;4-7H,1-3H3. The number of halogens is 1. The summed E-state index contributed by atoms with van der Waals surface area (Å²) in [6, 6.07) is 12.7. The Morgan fingerprint density at radius 2 is 1.79 bits per heavy atom. The van der Waals surface area contributed by atoms with Crippen LogP contribution in [0.4, 0.5) is 10.2 Å². The monoisotopic (exact) mass is 452 g/mol. The summed E-state index contributed by atoms with van der Waals surface area (Å²) in [5, 5.41) is 4.54. The maximum atomic E-state index is 13.2. The fourth-order valence-electron chi connectivity index (χ4n) is 4.34. The number of rotatable bonds is 6. The van der Waals surface area contributed by atoms with Crippen molar-refractivity contribution in [2.75, 3.05) is 32.6 Å². The van der Waals surface area contributed by atoms with Crippen LogP contribution in [0.1, 0.15) is 44.0 Å². The number of nitrogens with one attached hydrogen (secondary N) is 1. The molecule has 1 saturated carbocycles. The third-order valence-electron chi connectivity index (χ3n) is 6.24. The number of benzene rings is 2. The average Bonchev–Trinajstić information content (AvgIpc) is 2.80. The van der Waals surface area contributed by atoms with Crippen LogP contribution in [0.15, 0.2) is 42.5 Å². The number of fused-ring (bicyclic) bond motifs is 1. The molecule has 1 N–H and O–H groups in total. The van der Waals surface area contributed by atoms with Gasteiger partial charge in [0.2, 0.25) is 0 Å². The first kappa shape index (κ1) is 24.9. The van der Waals surface area contributed by atoms with Crippen molar-refractivity contribution >= 4 is 16.7 Å². The molecule has 1 aliphatic carbocycles. The molecule has 2 aromatic carbocycles. The second-order valence-corrected chi connectivity index (χ2v) is 9.22. The normalized spacial score (nSPS) is 17.9. The summed E-state index contributed by atoms with van der Waals surface area (Å²) < 4.78 is 18.5. The number of anilines is 1. The highest BCUT2D eigenvalue weighted by Crippen LogP contribution is 2.28. The number of hydrogen-bond acceptors (Lipinski definition) is 5. The Bertz CT molecular complexity index is 1030. The summed E-state index contributed by atoms with van der Waals surface area (Å²) in [4.78, 5) is 10.8. The van der Waals surface area contributed by atoms with Crippen LogP contribution in [0, 0.1) is 24.6 Å². The van der Waals surface area contributed by atoms with Crippen LogP contribution >= 0.6 is 0 Å². The van der Waals surface area contributed by atoms with Crippen molar-refractivity contribution in [3.8, 4) is 5.75 Å². The molecule has 0 spiro atoms. The zero-order chi connectivity index (χ0) is 23.8. The van der Waals surface area contributed by atoms with Gasteiger partial charge in [-0.1, -0.05) is 31.9 Å². The Kier molecular flexibility index (Phi) is 9.01. The van der Waals surface area contributed by atoms with Crippen molar-refractivity contribution in [2.45, 2.75) is 46.1 Å². The van der Waals surface area contributed by atoms with Gasteiger partial charge in [-0.3, -0.25) is 0 Å². The second kappa shape index (κ2) is 11.9. The maximum absolute atomic E-state index is 13.2. The summed E-state index contributed by atoms with van der Waals surface area (Å²) in [6.07, 6.45) is 5.31. The third-order valence-corrected chi connectivity index (χ3v) is 6.24. The summed E-state index contributed by atoms with van der Waals surface area (Å²) in [6.45, 7) is 5.94. The Labute approximate surface area is 197 Å². The zero-order valence-corrected chi connectivity index (χ0v) is 20.6. The molecule has 1 heterocycles. The fourth-order valence-corrected chi connectivity index (χ4v) is 4.34. The molecule has 1 fully saturated rings. The first-order chi connectivity index (χ1) is 15.9. The molecule has 6 heteroatoms. The van der Waals surface area contributed by atoms with E-state index in [1.54, 1.807) is 19.2 Å². The lowest BCUT2D eigenvalue weighted by molar-refractivity contribution is 0.281. The van der Waals surface area contributed by atoms with E-state index in [1.165, 1.54) is 31.7 Å². The van der Waals surface area contributed by atoms with Crippen molar-refractivity contribution in [1.29, 1.82) is 0 Å². The first-order valence-corrected chi connectivity index (χ1v) is 11.8. The number of hydrogen-bond donors (Lipinski definition) is 1. The molecule has 178 valence electrons. The topological polar surface area (TPSA) is 50.3 Å². The molecule has 0 saturated heterocycles. The predicted molar refractivity (Wildman–Crippen MR) is 134 cm³/mol. The van der Waals surface area contributed by atoms with Gasteiger partial charge in [-0.05, 0) is 68.5 Å². The number of nitrogens with zero attached hydrogens (tertiary/aromatic N) is 3. The molecular formula is C27H37FN4O. The van der Waals surface area contributed by atoms with Gasteiger partial charge in [-0.2, -0.15) is 0 Å². The number of aryl methyl sites for hydroxylation is 1. The smallest absolute Gasteiger partial charge is 0.139 e. The van der Waals surface area contributed by atoms with Crippen LogP contribution in [-0.2, 0) is 6.54 Å². The first-order valence-electron chi connectivity index (χ1n) is 11.8. The summed E-state index contributed by atoms with van der Waals surface area (Å²) >= 11 is 0. The van der Waals surface area contributed by atoms with Gasteiger partial charge >= 0.3 is 0 Å². The van der Waals surface area contributed by atoms with Gasteiger partial charge in [0.1, 0.15) is 23.2 Å². The fraction of sp³-hybridized carbons (Fsp3) is 0.481. The van der Waals surface area contributed by atoms with Gasteiger partial charge in [0.25, 0.3) is 0 Å². The van der Waals surface area contributed by atoms with Crippen LogP contribution in [-0.4, -0.2) is 37.7 Å². The largest absolute Gasteiger partial charge is 0.496 e. The maximum Gasteiger partial charge on any atom is 0.139 e. The summed E-state index contributed by atoms with van der Waals surface area (Å²) in [5.41, 5.74) is 1.90. The van der Waals surface area contributed by atoms with E-state index < -0.39 is 0 Å². The lowest BCUT2D eigenvalue weighted by Gasteiger charge is -2.26. The highest BCUT2D eigenvalue weighted by Gasteiger charge is 2.17. The predicted octanol–water partition coefficient (Wildman–Crippen LogP) is 5.75. The van der Waals surface area contributed by atoms with Crippen molar-refractivity contribution in [1.82, 2.24) is 15.3 Å². The van der Waals surface area contributed by atoms with Gasteiger partial charge < -0.3 is 15.0 Å². The Balaban J connectivity index is 0.000000194.